The summed E-state index contributed by atoms with van der Waals surface area (Å²) in [5.41, 5.74) is 1.01. The number of hydrogen-bond acceptors (Lipinski definition) is 2. The first-order chi connectivity index (χ1) is 6.15. The van der Waals surface area contributed by atoms with Gasteiger partial charge in [0.25, 0.3) is 5.69 Å². The Labute approximate surface area is 81.5 Å². The average molecular weight is 200 g/mol. The monoisotopic (exact) mass is 199 g/mol. The lowest BCUT2D eigenvalue weighted by Crippen LogP contribution is -1.90. The van der Waals surface area contributed by atoms with Crippen molar-refractivity contribution in [2.75, 3.05) is 0 Å². The number of nitro groups is 1. The second-order valence-corrected chi connectivity index (χ2v) is 3.19. The van der Waals surface area contributed by atoms with Gasteiger partial charge < -0.3 is 0 Å². The number of nitrogens with zero attached hydrogens (tertiary/aromatic N) is 1. The van der Waals surface area contributed by atoms with Crippen LogP contribution in [-0.4, -0.2) is 4.92 Å². The number of benzene rings is 1. The van der Waals surface area contributed by atoms with Crippen LogP contribution in [0.15, 0.2) is 18.2 Å². The van der Waals surface area contributed by atoms with E-state index in [4.69, 9.17) is 11.6 Å². The van der Waals surface area contributed by atoms with Crippen molar-refractivity contribution >= 4 is 17.3 Å². The highest BCUT2D eigenvalue weighted by Gasteiger charge is 2.08. The molecule has 1 aromatic rings. The van der Waals surface area contributed by atoms with Crippen LogP contribution in [0.5, 0.6) is 0 Å². The van der Waals surface area contributed by atoms with Gasteiger partial charge in [-0.05, 0) is 12.0 Å². The molecule has 0 fully saturated rings. The zero-order valence-electron chi connectivity index (χ0n) is 7.29. The van der Waals surface area contributed by atoms with Crippen molar-refractivity contribution in [3.63, 3.8) is 0 Å². The first kappa shape index (κ1) is 9.99. The SMILES string of the molecule is CCCc1ccc([N+](=O)[O-])cc1Cl. The van der Waals surface area contributed by atoms with Crippen molar-refractivity contribution in [1.29, 1.82) is 0 Å². The summed E-state index contributed by atoms with van der Waals surface area (Å²) >= 11 is 5.85. The summed E-state index contributed by atoms with van der Waals surface area (Å²) in [5, 5.41) is 10.9. The number of halogens is 1. The molecule has 0 atom stereocenters. The smallest absolute Gasteiger partial charge is 0.258 e. The molecule has 3 nitrogen and oxygen atoms in total. The summed E-state index contributed by atoms with van der Waals surface area (Å²) in [6.45, 7) is 2.04. The molecule has 0 aromatic heterocycles. The summed E-state index contributed by atoms with van der Waals surface area (Å²) < 4.78 is 0. The minimum absolute atomic E-state index is 0.0462. The van der Waals surface area contributed by atoms with Crippen LogP contribution < -0.4 is 0 Å². The predicted octanol–water partition coefficient (Wildman–Crippen LogP) is 3.20. The van der Waals surface area contributed by atoms with E-state index < -0.39 is 4.92 Å². The second-order valence-electron chi connectivity index (χ2n) is 2.78. The molecule has 0 unspecified atom stereocenters. The highest BCUT2D eigenvalue weighted by molar-refractivity contribution is 6.31. The third kappa shape index (κ3) is 2.42. The van der Waals surface area contributed by atoms with E-state index in [0.29, 0.717) is 5.02 Å². The topological polar surface area (TPSA) is 43.1 Å². The number of non-ortho nitro benzene ring substituents is 1. The Hall–Kier alpha value is -1.09. The van der Waals surface area contributed by atoms with E-state index in [0.717, 1.165) is 18.4 Å². The number of nitro benzene ring substituents is 1. The maximum Gasteiger partial charge on any atom is 0.270 e. The van der Waals surface area contributed by atoms with Crippen molar-refractivity contribution in [1.82, 2.24) is 0 Å². The highest BCUT2D eigenvalue weighted by Crippen LogP contribution is 2.23. The molecule has 0 radical (unpaired) electrons. The molecule has 0 spiro atoms. The maximum atomic E-state index is 10.4. The van der Waals surface area contributed by atoms with Crippen LogP contribution in [0.4, 0.5) is 5.69 Å². The summed E-state index contributed by atoms with van der Waals surface area (Å²) in [4.78, 5) is 9.93. The van der Waals surface area contributed by atoms with Crippen LogP contribution in [-0.2, 0) is 6.42 Å². The molecule has 0 aliphatic carbocycles. The van der Waals surface area contributed by atoms with Gasteiger partial charge in [-0.25, -0.2) is 0 Å². The Morgan fingerprint density at radius 3 is 2.69 bits per heavy atom. The van der Waals surface area contributed by atoms with Gasteiger partial charge in [-0.2, -0.15) is 0 Å². The lowest BCUT2D eigenvalue weighted by molar-refractivity contribution is -0.384. The number of rotatable bonds is 3. The molecule has 0 saturated heterocycles. The summed E-state index contributed by atoms with van der Waals surface area (Å²) in [5.74, 6) is 0. The van der Waals surface area contributed by atoms with E-state index in [-0.39, 0.29) is 5.69 Å². The molecule has 4 heteroatoms. The molecule has 1 rings (SSSR count). The third-order valence-electron chi connectivity index (χ3n) is 1.77. The van der Waals surface area contributed by atoms with Crippen LogP contribution in [0, 0.1) is 10.1 Å². The normalized spacial score (nSPS) is 10.0. The Morgan fingerprint density at radius 2 is 2.23 bits per heavy atom. The fourth-order valence-electron chi connectivity index (χ4n) is 1.12. The van der Waals surface area contributed by atoms with Crippen molar-refractivity contribution in [2.45, 2.75) is 19.8 Å². The van der Waals surface area contributed by atoms with Crippen molar-refractivity contribution < 1.29 is 4.92 Å². The molecule has 0 N–H and O–H groups in total. The van der Waals surface area contributed by atoms with Gasteiger partial charge in [0, 0.05) is 12.1 Å². The Morgan fingerprint density at radius 1 is 1.54 bits per heavy atom. The first-order valence-electron chi connectivity index (χ1n) is 4.08. The molecule has 1 aromatic carbocycles. The van der Waals surface area contributed by atoms with E-state index in [1.165, 1.54) is 12.1 Å². The van der Waals surface area contributed by atoms with Gasteiger partial charge in [0.1, 0.15) is 0 Å². The summed E-state index contributed by atoms with van der Waals surface area (Å²) in [7, 11) is 0. The standard InChI is InChI=1S/C9H10ClNO2/c1-2-3-7-4-5-8(11(12)13)6-9(7)10/h4-6H,2-3H2,1H3. The van der Waals surface area contributed by atoms with E-state index in [9.17, 15) is 10.1 Å². The van der Waals surface area contributed by atoms with Crippen LogP contribution in [0.25, 0.3) is 0 Å². The second kappa shape index (κ2) is 4.23. The van der Waals surface area contributed by atoms with Gasteiger partial charge in [0.2, 0.25) is 0 Å². The molecule has 0 saturated carbocycles. The minimum Gasteiger partial charge on any atom is -0.258 e. The predicted molar refractivity (Wildman–Crippen MR) is 52.1 cm³/mol. The van der Waals surface area contributed by atoms with Crippen molar-refractivity contribution in [2.24, 2.45) is 0 Å². The molecule has 70 valence electrons. The molecular weight excluding hydrogens is 190 g/mol. The first-order valence-corrected chi connectivity index (χ1v) is 4.45. The van der Waals surface area contributed by atoms with E-state index >= 15 is 0 Å². The van der Waals surface area contributed by atoms with Crippen molar-refractivity contribution in [3.05, 3.63) is 38.9 Å². The molecular formula is C9H10ClNO2. The van der Waals surface area contributed by atoms with Gasteiger partial charge >= 0.3 is 0 Å². The summed E-state index contributed by atoms with van der Waals surface area (Å²) in [6.07, 6.45) is 1.84. The molecule has 0 aliphatic heterocycles. The van der Waals surface area contributed by atoms with Crippen molar-refractivity contribution in [3.8, 4) is 0 Å². The largest absolute Gasteiger partial charge is 0.270 e. The Balaban J connectivity index is 2.98. The van der Waals surface area contributed by atoms with Gasteiger partial charge in [-0.1, -0.05) is 31.0 Å². The molecule has 0 bridgehead atoms. The van der Waals surface area contributed by atoms with Crippen LogP contribution in [0.3, 0.4) is 0 Å². The lowest BCUT2D eigenvalue weighted by atomic mass is 10.1. The molecule has 13 heavy (non-hydrogen) atoms. The lowest BCUT2D eigenvalue weighted by Gasteiger charge is -2.00. The quantitative estimate of drug-likeness (QED) is 0.554. The van der Waals surface area contributed by atoms with Crippen LogP contribution >= 0.6 is 11.6 Å². The molecule has 0 amide bonds. The molecule has 0 aliphatic rings. The zero-order valence-corrected chi connectivity index (χ0v) is 8.04. The van der Waals surface area contributed by atoms with Gasteiger partial charge in [0.15, 0.2) is 0 Å². The molecule has 0 heterocycles. The van der Waals surface area contributed by atoms with E-state index in [1.807, 2.05) is 6.92 Å². The zero-order chi connectivity index (χ0) is 9.84. The fraction of sp³-hybridized carbons (Fsp3) is 0.333. The minimum atomic E-state index is -0.443. The van der Waals surface area contributed by atoms with Crippen LogP contribution in [0.2, 0.25) is 5.02 Å². The van der Waals surface area contributed by atoms with Gasteiger partial charge in [0.05, 0.1) is 9.95 Å². The van der Waals surface area contributed by atoms with E-state index in [1.54, 1.807) is 6.07 Å². The Kier molecular flexibility index (Phi) is 3.25. The highest BCUT2D eigenvalue weighted by atomic mass is 35.5. The fourth-order valence-corrected chi connectivity index (χ4v) is 1.39. The van der Waals surface area contributed by atoms with E-state index in [2.05, 4.69) is 0 Å². The van der Waals surface area contributed by atoms with Gasteiger partial charge in [-0.15, -0.1) is 0 Å². The number of aryl methyl sites for hydroxylation is 1. The average Bonchev–Trinajstić information content (AvgIpc) is 2.08. The third-order valence-corrected chi connectivity index (χ3v) is 2.12. The Bertz CT molecular complexity index is 325. The van der Waals surface area contributed by atoms with Gasteiger partial charge in [-0.3, -0.25) is 10.1 Å². The number of hydrogen-bond donors (Lipinski definition) is 0. The summed E-state index contributed by atoms with van der Waals surface area (Å²) in [6, 6.07) is 4.59. The maximum absolute atomic E-state index is 10.4. The van der Waals surface area contributed by atoms with Crippen LogP contribution in [0.1, 0.15) is 18.9 Å².